The van der Waals surface area contributed by atoms with E-state index in [1.165, 1.54) is 0 Å². The van der Waals surface area contributed by atoms with Crippen molar-refractivity contribution in [2.24, 2.45) is 11.8 Å². The molecule has 0 aromatic rings. The van der Waals surface area contributed by atoms with Crippen LogP contribution in [0.15, 0.2) is 0 Å². The summed E-state index contributed by atoms with van der Waals surface area (Å²) in [5.41, 5.74) is 0. The summed E-state index contributed by atoms with van der Waals surface area (Å²) in [4.78, 5) is 12.3. The highest BCUT2D eigenvalue weighted by Crippen LogP contribution is 2.26. The van der Waals surface area contributed by atoms with Crippen molar-refractivity contribution < 1.29 is 41.1 Å². The molecule has 0 unspecified atom stereocenters. The summed E-state index contributed by atoms with van der Waals surface area (Å²) in [6, 6.07) is 0. The van der Waals surface area contributed by atoms with Crippen LogP contribution in [0.25, 0.3) is 0 Å². The lowest BCUT2D eigenvalue weighted by Gasteiger charge is -2.33. The number of carbonyl (C=O) groups is 1. The minimum Gasteiger partial charge on any atom is -0.381 e. The second-order valence-corrected chi connectivity index (χ2v) is 9.90. The summed E-state index contributed by atoms with van der Waals surface area (Å²) in [6.45, 7) is 1.72. The second kappa shape index (κ2) is 12.3. The minimum absolute atomic E-state index is 0.0324. The molecule has 2 saturated heterocycles. The molecule has 2 aliphatic heterocycles. The molecule has 31 heavy (non-hydrogen) atoms. The molecule has 12 heteroatoms. The third-order valence-corrected chi connectivity index (χ3v) is 7.41. The zero-order valence-corrected chi connectivity index (χ0v) is 18.5. The lowest BCUT2D eigenvalue weighted by Crippen LogP contribution is -2.50. The van der Waals surface area contributed by atoms with Gasteiger partial charge in [-0.2, -0.15) is 25.9 Å². The van der Waals surface area contributed by atoms with Crippen LogP contribution in [0.5, 0.6) is 0 Å². The summed E-state index contributed by atoms with van der Waals surface area (Å²) in [6.07, 6.45) is -0.495. The number of amides is 1. The lowest BCUT2D eigenvalue weighted by atomic mass is 9.92. The normalized spacial score (nSPS) is 20.1. The molecule has 0 radical (unpaired) electrons. The van der Waals surface area contributed by atoms with Crippen molar-refractivity contribution in [1.29, 1.82) is 0 Å². The van der Waals surface area contributed by atoms with E-state index in [1.54, 1.807) is 0 Å². The topological polar surface area (TPSA) is 96.4 Å². The smallest absolute Gasteiger partial charge is 0.381 e. The molecule has 0 aromatic carbocycles. The number of hydrogen-bond acceptors (Lipinski definition) is 6. The highest BCUT2D eigenvalue weighted by Gasteiger charge is 2.38. The predicted octanol–water partition coefficient (Wildman–Crippen LogP) is 3.12. The van der Waals surface area contributed by atoms with E-state index in [2.05, 4.69) is 0 Å². The highest BCUT2D eigenvalue weighted by atomic mass is 32.2. The van der Waals surface area contributed by atoms with Crippen molar-refractivity contribution in [3.05, 3.63) is 0 Å². The van der Waals surface area contributed by atoms with Gasteiger partial charge in [-0.15, -0.1) is 0 Å². The zero-order chi connectivity index (χ0) is 22.9. The van der Waals surface area contributed by atoms with Gasteiger partial charge in [-0.1, -0.05) is 17.3 Å². The Morgan fingerprint density at radius 1 is 1.06 bits per heavy atom. The van der Waals surface area contributed by atoms with Crippen molar-refractivity contribution in [1.82, 2.24) is 8.77 Å². The molecule has 0 bridgehead atoms. The van der Waals surface area contributed by atoms with Crippen molar-refractivity contribution in [3.8, 4) is 0 Å². The summed E-state index contributed by atoms with van der Waals surface area (Å²) >= 11 is 0. The number of rotatable bonds is 11. The maximum absolute atomic E-state index is 12.6. The Kier molecular flexibility index (Phi) is 10.5. The molecule has 0 spiro atoms. The molecular weight excluding hydrogens is 441 g/mol. The second-order valence-electron chi connectivity index (χ2n) is 8.14. The molecular formula is C19H33F3N2O6S. The number of halogens is 3. The fourth-order valence-electron chi connectivity index (χ4n) is 3.87. The Morgan fingerprint density at radius 2 is 1.68 bits per heavy atom. The molecule has 0 saturated carbocycles. The van der Waals surface area contributed by atoms with E-state index in [9.17, 15) is 31.6 Å². The van der Waals surface area contributed by atoms with Gasteiger partial charge in [-0.3, -0.25) is 10.0 Å². The molecule has 1 N–H and O–H groups in total. The van der Waals surface area contributed by atoms with Crippen LogP contribution in [-0.2, 0) is 24.5 Å². The number of ether oxygens (including phenoxy) is 2. The molecule has 8 nitrogen and oxygen atoms in total. The van der Waals surface area contributed by atoms with E-state index in [0.29, 0.717) is 51.4 Å². The fraction of sp³-hybridized carbons (Fsp3) is 0.947. The van der Waals surface area contributed by atoms with Crippen LogP contribution < -0.4 is 0 Å². The van der Waals surface area contributed by atoms with Crippen molar-refractivity contribution >= 4 is 16.1 Å². The summed E-state index contributed by atoms with van der Waals surface area (Å²) < 4.78 is 72.7. The molecule has 182 valence electrons. The minimum atomic E-state index is -4.25. The number of piperidine rings is 1. The summed E-state index contributed by atoms with van der Waals surface area (Å²) in [7, 11) is -4.25. The van der Waals surface area contributed by atoms with Gasteiger partial charge in [0.25, 0.3) is 5.91 Å². The Hall–Kier alpha value is -0.950. The van der Waals surface area contributed by atoms with Crippen LogP contribution in [0.2, 0.25) is 0 Å². The number of alkyl halides is 3. The Labute approximate surface area is 181 Å². The van der Waals surface area contributed by atoms with Crippen LogP contribution in [0, 0.1) is 11.8 Å². The van der Waals surface area contributed by atoms with Crippen LogP contribution in [0.4, 0.5) is 13.2 Å². The molecule has 2 heterocycles. The molecule has 0 aromatic heterocycles. The average molecular weight is 475 g/mol. The SMILES string of the molecule is O=C(C1CCOCC1)N(O)S(=O)(=O)N1CCC(CCCCOCCCC(F)(F)F)CC1. The van der Waals surface area contributed by atoms with Crippen LogP contribution in [-0.4, -0.2) is 74.0 Å². The largest absolute Gasteiger partial charge is 0.389 e. The lowest BCUT2D eigenvalue weighted by molar-refractivity contribution is -0.154. The fourth-order valence-corrected chi connectivity index (χ4v) is 5.13. The van der Waals surface area contributed by atoms with Crippen LogP contribution in [0.3, 0.4) is 0 Å². The first-order valence-electron chi connectivity index (χ1n) is 10.9. The monoisotopic (exact) mass is 474 g/mol. The number of hydrogen-bond donors (Lipinski definition) is 1. The average Bonchev–Trinajstić information content (AvgIpc) is 2.74. The molecule has 2 aliphatic rings. The van der Waals surface area contributed by atoms with Crippen molar-refractivity contribution in [2.45, 2.75) is 64.0 Å². The number of unbranched alkanes of at least 4 members (excludes halogenated alkanes) is 1. The predicted molar refractivity (Wildman–Crippen MR) is 105 cm³/mol. The van der Waals surface area contributed by atoms with Gasteiger partial charge in [0.2, 0.25) is 0 Å². The molecule has 2 rings (SSSR count). The van der Waals surface area contributed by atoms with Gasteiger partial charge in [0.1, 0.15) is 0 Å². The van der Waals surface area contributed by atoms with Crippen LogP contribution >= 0.6 is 0 Å². The number of hydroxylamine groups is 1. The van der Waals surface area contributed by atoms with E-state index in [0.717, 1.165) is 23.6 Å². The van der Waals surface area contributed by atoms with E-state index in [4.69, 9.17) is 9.47 Å². The molecule has 1 amide bonds. The van der Waals surface area contributed by atoms with Crippen molar-refractivity contribution in [3.63, 3.8) is 0 Å². The third-order valence-electron chi connectivity index (χ3n) is 5.78. The Balaban J connectivity index is 1.62. The summed E-state index contributed by atoms with van der Waals surface area (Å²) in [5.74, 6) is -1.03. The Morgan fingerprint density at radius 3 is 2.29 bits per heavy atom. The van der Waals surface area contributed by atoms with E-state index in [1.807, 2.05) is 0 Å². The van der Waals surface area contributed by atoms with Crippen molar-refractivity contribution in [2.75, 3.05) is 39.5 Å². The Bertz CT molecular complexity index is 648. The van der Waals surface area contributed by atoms with Gasteiger partial charge >= 0.3 is 16.4 Å². The zero-order valence-electron chi connectivity index (χ0n) is 17.7. The first kappa shape index (κ1) is 26.3. The van der Waals surface area contributed by atoms with E-state index >= 15 is 0 Å². The van der Waals surface area contributed by atoms with Crippen LogP contribution in [0.1, 0.15) is 57.8 Å². The standard InChI is InChI=1S/C19H33F3N2O6S/c20-19(21,22)9-3-13-29-12-2-1-4-16-5-10-23(11-6-16)31(27,28)24(26)18(25)17-7-14-30-15-8-17/h16-17,26H,1-15H2. The quantitative estimate of drug-likeness (QED) is 0.281. The highest BCUT2D eigenvalue weighted by molar-refractivity contribution is 7.87. The van der Waals surface area contributed by atoms with Gasteiger partial charge in [0, 0.05) is 51.9 Å². The van der Waals surface area contributed by atoms with E-state index in [-0.39, 0.29) is 30.6 Å². The maximum Gasteiger partial charge on any atom is 0.389 e. The summed E-state index contributed by atoms with van der Waals surface area (Å²) in [5, 5.41) is 10.1. The van der Waals surface area contributed by atoms with Gasteiger partial charge < -0.3 is 9.47 Å². The first-order chi connectivity index (χ1) is 14.6. The van der Waals surface area contributed by atoms with E-state index < -0.39 is 34.6 Å². The maximum atomic E-state index is 12.6. The molecule has 2 fully saturated rings. The first-order valence-corrected chi connectivity index (χ1v) is 12.3. The number of nitrogens with zero attached hydrogens (tertiary/aromatic N) is 2. The van der Waals surface area contributed by atoms with Gasteiger partial charge in [0.05, 0.1) is 0 Å². The molecule has 0 aliphatic carbocycles. The van der Waals surface area contributed by atoms with Gasteiger partial charge in [-0.05, 0) is 44.4 Å². The van der Waals surface area contributed by atoms with Gasteiger partial charge in [0.15, 0.2) is 0 Å². The number of carbonyl (C=O) groups excluding carboxylic acids is 1. The van der Waals surface area contributed by atoms with Gasteiger partial charge in [-0.25, -0.2) is 0 Å². The third kappa shape index (κ3) is 8.83. The molecule has 0 atom stereocenters.